The van der Waals surface area contributed by atoms with Crippen LogP contribution in [-0.4, -0.2) is 56.5 Å². The zero-order chi connectivity index (χ0) is 20.0. The van der Waals surface area contributed by atoms with Gasteiger partial charge in [-0.2, -0.15) is 5.26 Å². The molecule has 4 rings (SSSR count). The number of likely N-dealkylation sites (tertiary alicyclic amines) is 1. The number of aliphatic carboxylic acids is 1. The number of allylic oxidation sites excluding steroid dienone is 3. The number of carboxylic acid groups (broad SMARTS) is 1. The molecular weight excluding hydrogens is 387 g/mol. The van der Waals surface area contributed by atoms with E-state index in [0.29, 0.717) is 24.2 Å². The van der Waals surface area contributed by atoms with Crippen molar-refractivity contribution in [2.45, 2.75) is 18.5 Å². The van der Waals surface area contributed by atoms with E-state index in [4.69, 9.17) is 5.26 Å². The summed E-state index contributed by atoms with van der Waals surface area (Å²) in [5, 5.41) is 30.3. The first-order valence-corrected chi connectivity index (χ1v) is 8.64. The van der Waals surface area contributed by atoms with Crippen molar-refractivity contribution < 1.29 is 55.6 Å². The van der Waals surface area contributed by atoms with Gasteiger partial charge in [-0.1, -0.05) is 0 Å². The molecule has 9 nitrogen and oxygen atoms in total. The monoisotopic (exact) mass is 404 g/mol. The van der Waals surface area contributed by atoms with Crippen molar-refractivity contribution in [2.24, 2.45) is 5.92 Å². The molecule has 2 fully saturated rings. The molecule has 10 heteroatoms. The van der Waals surface area contributed by atoms with Gasteiger partial charge in [0.25, 0.3) is 5.91 Å². The number of β-lactam (4-membered cyclic amide) rings is 1. The Hall–Kier alpha value is -2.80. The van der Waals surface area contributed by atoms with Gasteiger partial charge in [0, 0.05) is 24.2 Å². The molecule has 0 radical (unpaired) electrons. The molecule has 0 aromatic heterocycles. The summed E-state index contributed by atoms with van der Waals surface area (Å²) in [6, 6.07) is 6.26. The summed E-state index contributed by atoms with van der Waals surface area (Å²) in [4.78, 5) is 39.7. The number of carboxylic acids is 1. The smallest absolute Gasteiger partial charge is 1.00 e. The third kappa shape index (κ3) is 3.40. The second-order valence-corrected chi connectivity index (χ2v) is 6.88. The number of carbonyl (C=O) groups excluding carboxylic acids is 2. The summed E-state index contributed by atoms with van der Waals surface area (Å²) in [5.74, 6) is -1.70. The van der Waals surface area contributed by atoms with Crippen LogP contribution in [0.5, 0.6) is 5.75 Å². The van der Waals surface area contributed by atoms with Gasteiger partial charge in [0.1, 0.15) is 17.5 Å². The fraction of sp³-hybridized carbons (Fsp3) is 0.263. The summed E-state index contributed by atoms with van der Waals surface area (Å²) in [7, 11) is 0. The van der Waals surface area contributed by atoms with Crippen molar-refractivity contribution in [1.29, 1.82) is 5.26 Å². The van der Waals surface area contributed by atoms with Crippen LogP contribution < -0.4 is 34.9 Å². The average Bonchev–Trinajstić information content (AvgIpc) is 3.03. The van der Waals surface area contributed by atoms with Crippen LogP contribution in [0.4, 0.5) is 10.5 Å². The number of rotatable bonds is 3. The number of anilines is 1. The number of benzene rings is 1. The second kappa shape index (κ2) is 7.91. The summed E-state index contributed by atoms with van der Waals surface area (Å²) < 4.78 is 0. The number of phenolic OH excluding ortho intramolecular Hbond substituents is 1. The quantitative estimate of drug-likeness (QED) is 0.240. The van der Waals surface area contributed by atoms with E-state index in [1.54, 1.807) is 12.1 Å². The third-order valence-electron chi connectivity index (χ3n) is 5.33. The number of hydrogen-bond acceptors (Lipinski definition) is 5. The predicted molar refractivity (Wildman–Crippen MR) is 96.9 cm³/mol. The zero-order valence-corrected chi connectivity index (χ0v) is 17.6. The topological polar surface area (TPSA) is 134 Å². The van der Waals surface area contributed by atoms with Crippen molar-refractivity contribution in [3.05, 3.63) is 47.7 Å². The number of amides is 3. The zero-order valence-electron chi connectivity index (χ0n) is 16.6. The van der Waals surface area contributed by atoms with Crippen LogP contribution in [0.25, 0.3) is 0 Å². The van der Waals surface area contributed by atoms with Crippen molar-refractivity contribution in [3.8, 4) is 11.8 Å². The van der Waals surface area contributed by atoms with Crippen LogP contribution in [0.15, 0.2) is 47.7 Å². The minimum absolute atomic E-state index is 0. The standard InChI is InChI=1S/C19H16N4O5.Na.H/c20-7-1-2-10-8-11-9-22(19(28)21-12-3-5-13(24)6-4-12)16-14(11)23(17(16)25)15(10)18(26)27;;/h1-6,11,14,16,24H,8-9H2,(H,21,28)(H,26,27);;/q;+1;-1/b2-1+;;/t11-,14-,16+;;/m1../s1. The van der Waals surface area contributed by atoms with Crippen LogP contribution in [-0.2, 0) is 9.59 Å². The van der Waals surface area contributed by atoms with Gasteiger partial charge in [-0.25, -0.2) is 9.59 Å². The van der Waals surface area contributed by atoms with Crippen molar-refractivity contribution in [3.63, 3.8) is 0 Å². The Balaban J connectivity index is 0.00000160. The SMILES string of the molecule is N#C/C=C/C1=C(C(=O)O)N2C(=O)[C@@H]3[C@H]2[C@H](C1)CN3C(=O)Nc1ccc(O)cc1.[H-].[Na+]. The van der Waals surface area contributed by atoms with Crippen LogP contribution >= 0.6 is 0 Å². The van der Waals surface area contributed by atoms with Crippen molar-refractivity contribution >= 4 is 23.6 Å². The largest absolute Gasteiger partial charge is 1.00 e. The van der Waals surface area contributed by atoms with E-state index in [9.17, 15) is 24.6 Å². The fourth-order valence-corrected chi connectivity index (χ4v) is 4.21. The van der Waals surface area contributed by atoms with E-state index >= 15 is 0 Å². The maximum Gasteiger partial charge on any atom is 1.00 e. The number of aromatic hydroxyl groups is 1. The van der Waals surface area contributed by atoms with Crippen LogP contribution in [0.2, 0.25) is 0 Å². The number of carbonyl (C=O) groups is 3. The molecule has 3 aliphatic heterocycles. The molecule has 0 bridgehead atoms. The fourth-order valence-electron chi connectivity index (χ4n) is 4.21. The molecular formula is C19H17N4NaO5. The molecule has 0 saturated carbocycles. The number of nitrogens with zero attached hydrogens (tertiary/aromatic N) is 3. The summed E-state index contributed by atoms with van der Waals surface area (Å²) in [6.45, 7) is 0.304. The van der Waals surface area contributed by atoms with E-state index in [1.807, 2.05) is 6.07 Å². The Morgan fingerprint density at radius 1 is 1.31 bits per heavy atom. The Labute approximate surface area is 189 Å². The molecule has 29 heavy (non-hydrogen) atoms. The van der Waals surface area contributed by atoms with Crippen molar-refractivity contribution in [2.75, 3.05) is 11.9 Å². The van der Waals surface area contributed by atoms with Gasteiger partial charge in [-0.05, 0) is 42.3 Å². The van der Waals surface area contributed by atoms with E-state index < -0.39 is 23.9 Å². The van der Waals surface area contributed by atoms with Gasteiger partial charge in [0.05, 0.1) is 12.1 Å². The van der Waals surface area contributed by atoms with Gasteiger partial charge in [-0.15, -0.1) is 0 Å². The van der Waals surface area contributed by atoms with Gasteiger partial charge in [-0.3, -0.25) is 9.69 Å². The first kappa shape index (κ1) is 20.9. The molecule has 1 aromatic rings. The summed E-state index contributed by atoms with van der Waals surface area (Å²) in [5.41, 5.74) is 0.765. The van der Waals surface area contributed by atoms with Gasteiger partial charge in [0.2, 0.25) is 0 Å². The number of nitriles is 1. The Kier molecular flexibility index (Phi) is 5.71. The first-order valence-electron chi connectivity index (χ1n) is 8.64. The number of urea groups is 1. The number of phenols is 1. The van der Waals surface area contributed by atoms with Crippen LogP contribution in [0.1, 0.15) is 7.85 Å². The molecule has 1 aromatic carbocycles. The summed E-state index contributed by atoms with van der Waals surface area (Å²) >= 11 is 0. The molecule has 3 heterocycles. The van der Waals surface area contributed by atoms with E-state index in [0.717, 1.165) is 0 Å². The predicted octanol–water partition coefficient (Wildman–Crippen LogP) is -1.63. The Morgan fingerprint density at radius 2 is 2.00 bits per heavy atom. The second-order valence-electron chi connectivity index (χ2n) is 6.88. The molecule has 3 amide bonds. The van der Waals surface area contributed by atoms with E-state index in [-0.39, 0.29) is 54.4 Å². The first-order chi connectivity index (χ1) is 13.4. The molecule has 3 N–H and O–H groups in total. The van der Waals surface area contributed by atoms with E-state index in [1.165, 1.54) is 34.1 Å². The number of nitrogens with one attached hydrogen (secondary N) is 1. The molecule has 0 aliphatic carbocycles. The van der Waals surface area contributed by atoms with E-state index in [2.05, 4.69) is 5.32 Å². The Bertz CT molecular complexity index is 988. The van der Waals surface area contributed by atoms with Gasteiger partial charge < -0.3 is 21.9 Å². The molecule has 2 saturated heterocycles. The van der Waals surface area contributed by atoms with Crippen LogP contribution in [0, 0.1) is 17.2 Å². The average molecular weight is 404 g/mol. The normalized spacial score (nSPS) is 24.5. The van der Waals surface area contributed by atoms with Crippen molar-refractivity contribution in [1.82, 2.24) is 9.80 Å². The summed E-state index contributed by atoms with van der Waals surface area (Å²) in [6.07, 6.45) is 2.97. The molecule has 0 unspecified atom stereocenters. The molecule has 3 atom stereocenters. The number of hydrogen-bond donors (Lipinski definition) is 3. The minimum atomic E-state index is -1.23. The minimum Gasteiger partial charge on any atom is -1.00 e. The molecule has 144 valence electrons. The molecule has 3 aliphatic rings. The van der Waals surface area contributed by atoms with Crippen LogP contribution in [0.3, 0.4) is 0 Å². The van der Waals surface area contributed by atoms with Gasteiger partial charge >= 0.3 is 41.6 Å². The third-order valence-corrected chi connectivity index (χ3v) is 5.33. The Morgan fingerprint density at radius 3 is 2.62 bits per heavy atom. The maximum atomic E-state index is 12.7. The molecule has 0 spiro atoms. The van der Waals surface area contributed by atoms with Gasteiger partial charge in [0.15, 0.2) is 0 Å². The maximum absolute atomic E-state index is 12.7.